The van der Waals surface area contributed by atoms with Crippen molar-refractivity contribution in [3.8, 4) is 0 Å². The number of hydrogen-bond acceptors (Lipinski definition) is 5. The number of carbonyl (C=O) groups excluding carboxylic acids is 2. The molecule has 1 atom stereocenters. The summed E-state index contributed by atoms with van der Waals surface area (Å²) in [6.07, 6.45) is 9.08. The minimum Gasteiger partial charge on any atom is -0.489 e. The summed E-state index contributed by atoms with van der Waals surface area (Å²) < 4.78 is 10.2. The zero-order chi connectivity index (χ0) is 19.8. The van der Waals surface area contributed by atoms with E-state index >= 15 is 0 Å². The lowest BCUT2D eigenvalue weighted by Crippen LogP contribution is -2.11. The van der Waals surface area contributed by atoms with Gasteiger partial charge in [0.2, 0.25) is 0 Å². The van der Waals surface area contributed by atoms with Gasteiger partial charge in [-0.2, -0.15) is 0 Å². The maximum absolute atomic E-state index is 12.3. The molecule has 1 aliphatic carbocycles. The molecule has 0 saturated heterocycles. The number of allylic oxidation sites excluding steroid dienone is 4. The lowest BCUT2D eigenvalue weighted by Gasteiger charge is -2.13. The predicted molar refractivity (Wildman–Crippen MR) is 99.9 cm³/mol. The summed E-state index contributed by atoms with van der Waals surface area (Å²) in [5.74, 6) is -1.07. The van der Waals surface area contributed by atoms with Gasteiger partial charge in [0.25, 0.3) is 0 Å². The quantitative estimate of drug-likeness (QED) is 0.431. The number of Topliss-reactive ketones (excluding diaryl/α,β-unsaturated/α-hetero) is 1. The molecular formula is C21H20O6. The Morgan fingerprint density at radius 3 is 2.41 bits per heavy atom. The van der Waals surface area contributed by atoms with Gasteiger partial charge < -0.3 is 14.6 Å². The molecule has 0 amide bonds. The van der Waals surface area contributed by atoms with Crippen LogP contribution in [0.5, 0.6) is 0 Å². The van der Waals surface area contributed by atoms with Crippen molar-refractivity contribution in [1.82, 2.24) is 0 Å². The molecule has 0 aromatic heterocycles. The fourth-order valence-corrected chi connectivity index (χ4v) is 2.42. The molecule has 0 fully saturated rings. The second kappa shape index (κ2) is 9.33. The first-order chi connectivity index (χ1) is 12.9. The highest BCUT2D eigenvalue weighted by atomic mass is 16.5. The monoisotopic (exact) mass is 368 g/mol. The molecule has 0 bridgehead atoms. The van der Waals surface area contributed by atoms with E-state index in [-0.39, 0.29) is 18.3 Å². The molecule has 0 spiro atoms. The molecular weight excluding hydrogens is 348 g/mol. The van der Waals surface area contributed by atoms with Crippen molar-refractivity contribution in [3.05, 3.63) is 77.1 Å². The molecule has 140 valence electrons. The van der Waals surface area contributed by atoms with Gasteiger partial charge in [0.05, 0.1) is 7.11 Å². The van der Waals surface area contributed by atoms with Crippen molar-refractivity contribution < 1.29 is 29.0 Å². The molecule has 0 unspecified atom stereocenters. The van der Waals surface area contributed by atoms with Gasteiger partial charge in [-0.3, -0.25) is 4.79 Å². The van der Waals surface area contributed by atoms with Crippen LogP contribution in [0, 0.1) is 5.92 Å². The lowest BCUT2D eigenvalue weighted by atomic mass is 10.0. The van der Waals surface area contributed by atoms with Crippen LogP contribution in [0.1, 0.15) is 22.8 Å². The second-order valence-electron chi connectivity index (χ2n) is 5.82. The van der Waals surface area contributed by atoms with Crippen LogP contribution in [0.2, 0.25) is 0 Å². The third-order valence-corrected chi connectivity index (χ3v) is 4.00. The van der Waals surface area contributed by atoms with Gasteiger partial charge in [0.1, 0.15) is 5.76 Å². The molecule has 0 radical (unpaired) electrons. The van der Waals surface area contributed by atoms with Crippen LogP contribution in [0.15, 0.2) is 66.0 Å². The van der Waals surface area contributed by atoms with E-state index in [2.05, 4.69) is 4.74 Å². The van der Waals surface area contributed by atoms with Crippen LogP contribution in [0.4, 0.5) is 0 Å². The van der Waals surface area contributed by atoms with Crippen LogP contribution < -0.4 is 0 Å². The van der Waals surface area contributed by atoms with Gasteiger partial charge in [-0.25, -0.2) is 9.59 Å². The normalized spacial score (nSPS) is 16.3. The Morgan fingerprint density at radius 1 is 1.07 bits per heavy atom. The molecule has 1 N–H and O–H groups in total. The Balaban J connectivity index is 1.88. The van der Waals surface area contributed by atoms with E-state index < -0.39 is 11.9 Å². The van der Waals surface area contributed by atoms with E-state index in [9.17, 15) is 14.4 Å². The molecule has 27 heavy (non-hydrogen) atoms. The van der Waals surface area contributed by atoms with E-state index in [4.69, 9.17) is 9.84 Å². The maximum Gasteiger partial charge on any atom is 0.330 e. The van der Waals surface area contributed by atoms with Gasteiger partial charge >= 0.3 is 11.9 Å². The van der Waals surface area contributed by atoms with E-state index in [1.165, 1.54) is 19.3 Å². The Labute approximate surface area is 157 Å². The molecule has 2 rings (SSSR count). The Bertz CT molecular complexity index is 840. The van der Waals surface area contributed by atoms with E-state index in [1.54, 1.807) is 36.4 Å². The predicted octanol–water partition coefficient (Wildman–Crippen LogP) is 3.17. The summed E-state index contributed by atoms with van der Waals surface area (Å²) in [5, 5.41) is 8.61. The topological polar surface area (TPSA) is 89.9 Å². The summed E-state index contributed by atoms with van der Waals surface area (Å²) >= 11 is 0. The number of carboxylic acids is 1. The van der Waals surface area contributed by atoms with Crippen molar-refractivity contribution in [2.24, 2.45) is 5.92 Å². The number of ether oxygens (including phenoxy) is 2. The zero-order valence-electron chi connectivity index (χ0n) is 15.0. The summed E-state index contributed by atoms with van der Waals surface area (Å²) in [6.45, 7) is 1.81. The number of methoxy groups -OCH3 is 1. The Hall–Kier alpha value is -3.41. The minimum absolute atomic E-state index is 0.0674. The average Bonchev–Trinajstić information content (AvgIpc) is 3.02. The standard InChI is InChI=1S/C21H20O6/c1-14-16(9-12-21(25)26-2)8-10-19(14)27-13-18(22)17-6-3-15(4-7-17)5-11-20(23)24/h3-12,14H,13H2,1-2H3,(H,23,24)/b11-5+,12-9+/t14-/m1/s1. The van der Waals surface area contributed by atoms with Crippen molar-refractivity contribution in [3.63, 3.8) is 0 Å². The van der Waals surface area contributed by atoms with Crippen molar-refractivity contribution in [2.45, 2.75) is 6.92 Å². The Morgan fingerprint density at radius 2 is 1.78 bits per heavy atom. The van der Waals surface area contributed by atoms with E-state index in [0.717, 1.165) is 11.6 Å². The van der Waals surface area contributed by atoms with Crippen molar-refractivity contribution >= 4 is 23.8 Å². The first kappa shape index (κ1) is 19.9. The third kappa shape index (κ3) is 5.81. The van der Waals surface area contributed by atoms with Crippen LogP contribution in [0.3, 0.4) is 0 Å². The number of benzene rings is 1. The van der Waals surface area contributed by atoms with Gasteiger partial charge in [0, 0.05) is 23.6 Å². The van der Waals surface area contributed by atoms with E-state index in [0.29, 0.717) is 16.9 Å². The van der Waals surface area contributed by atoms with Crippen LogP contribution in [-0.4, -0.2) is 36.5 Å². The summed E-state index contributed by atoms with van der Waals surface area (Å²) in [4.78, 5) is 33.9. The summed E-state index contributed by atoms with van der Waals surface area (Å²) in [7, 11) is 1.31. The molecule has 1 aromatic carbocycles. The largest absolute Gasteiger partial charge is 0.489 e. The van der Waals surface area contributed by atoms with Crippen LogP contribution in [-0.2, 0) is 19.1 Å². The van der Waals surface area contributed by atoms with Crippen LogP contribution >= 0.6 is 0 Å². The number of hydrogen-bond donors (Lipinski definition) is 1. The number of carbonyl (C=O) groups is 3. The molecule has 1 aromatic rings. The second-order valence-corrected chi connectivity index (χ2v) is 5.82. The highest BCUT2D eigenvalue weighted by Crippen LogP contribution is 2.28. The Kier molecular flexibility index (Phi) is 6.88. The highest BCUT2D eigenvalue weighted by molar-refractivity contribution is 5.97. The van der Waals surface area contributed by atoms with Gasteiger partial charge in [-0.05, 0) is 23.3 Å². The fourth-order valence-electron chi connectivity index (χ4n) is 2.42. The first-order valence-corrected chi connectivity index (χ1v) is 8.25. The molecule has 0 aliphatic heterocycles. The summed E-state index contributed by atoms with van der Waals surface area (Å²) in [6, 6.07) is 6.59. The molecule has 1 aliphatic rings. The SMILES string of the molecule is COC(=O)/C=C/C1=CC=C(OCC(=O)c2ccc(/C=C/C(=O)O)cc2)[C@@H]1C. The lowest BCUT2D eigenvalue weighted by molar-refractivity contribution is -0.135. The highest BCUT2D eigenvalue weighted by Gasteiger charge is 2.19. The molecule has 0 heterocycles. The minimum atomic E-state index is -1.03. The fraction of sp³-hybridized carbons (Fsp3) is 0.190. The van der Waals surface area contributed by atoms with Crippen LogP contribution in [0.25, 0.3) is 6.08 Å². The molecule has 0 saturated carbocycles. The van der Waals surface area contributed by atoms with E-state index in [1.807, 2.05) is 13.0 Å². The third-order valence-electron chi connectivity index (χ3n) is 4.00. The number of ketones is 1. The van der Waals surface area contributed by atoms with Crippen molar-refractivity contribution in [1.29, 1.82) is 0 Å². The van der Waals surface area contributed by atoms with Gasteiger partial charge in [-0.15, -0.1) is 0 Å². The molecule has 6 nitrogen and oxygen atoms in total. The van der Waals surface area contributed by atoms with Crippen molar-refractivity contribution in [2.75, 3.05) is 13.7 Å². The number of rotatable bonds is 8. The maximum atomic E-state index is 12.3. The number of esters is 1. The summed E-state index contributed by atoms with van der Waals surface area (Å²) in [5.41, 5.74) is 2.05. The number of carboxylic acid groups (broad SMARTS) is 1. The van der Waals surface area contributed by atoms with Gasteiger partial charge in [0.15, 0.2) is 12.4 Å². The van der Waals surface area contributed by atoms with Gasteiger partial charge in [-0.1, -0.05) is 43.3 Å². The first-order valence-electron chi connectivity index (χ1n) is 8.25. The molecule has 6 heteroatoms. The average molecular weight is 368 g/mol. The number of aliphatic carboxylic acids is 1. The smallest absolute Gasteiger partial charge is 0.330 e. The zero-order valence-corrected chi connectivity index (χ0v) is 15.0.